The molecule has 3 heteroatoms. The van der Waals surface area contributed by atoms with Gasteiger partial charge in [0.1, 0.15) is 13.2 Å². The monoisotopic (exact) mass is 247 g/mol. The van der Waals surface area contributed by atoms with Crippen LogP contribution < -0.4 is 15.2 Å². The Morgan fingerprint density at radius 1 is 1.22 bits per heavy atom. The van der Waals surface area contributed by atoms with Crippen molar-refractivity contribution in [1.29, 1.82) is 0 Å². The van der Waals surface area contributed by atoms with E-state index in [1.54, 1.807) is 0 Å². The smallest absolute Gasteiger partial charge is 0.161 e. The summed E-state index contributed by atoms with van der Waals surface area (Å²) in [6.07, 6.45) is 3.67. The van der Waals surface area contributed by atoms with Crippen LogP contribution in [0.1, 0.15) is 31.7 Å². The highest BCUT2D eigenvalue weighted by atomic mass is 16.6. The SMILES string of the molecule is CCC1CC(CN)(c2ccc3c(c2)OCCO3)C1. The molecule has 0 radical (unpaired) electrons. The third-order valence-corrected chi connectivity index (χ3v) is 4.48. The minimum atomic E-state index is 0.177. The Bertz CT molecular complexity index is 438. The first-order valence-corrected chi connectivity index (χ1v) is 6.87. The standard InChI is InChI=1S/C15H21NO2/c1-2-11-8-15(9-11,10-16)12-3-4-13-14(7-12)18-6-5-17-13/h3-4,7,11H,2,5-6,8-10,16H2,1H3. The summed E-state index contributed by atoms with van der Waals surface area (Å²) in [6.45, 7) is 4.27. The van der Waals surface area contributed by atoms with Gasteiger partial charge in [-0.2, -0.15) is 0 Å². The minimum Gasteiger partial charge on any atom is -0.486 e. The fraction of sp³-hybridized carbons (Fsp3) is 0.600. The molecule has 1 aliphatic heterocycles. The van der Waals surface area contributed by atoms with Crippen molar-refractivity contribution in [1.82, 2.24) is 0 Å². The first-order valence-electron chi connectivity index (χ1n) is 6.87. The van der Waals surface area contributed by atoms with E-state index in [4.69, 9.17) is 15.2 Å². The topological polar surface area (TPSA) is 44.5 Å². The van der Waals surface area contributed by atoms with Crippen molar-refractivity contribution in [3.8, 4) is 11.5 Å². The van der Waals surface area contributed by atoms with E-state index in [1.165, 1.54) is 24.8 Å². The molecule has 1 aromatic rings. The molecule has 0 atom stereocenters. The van der Waals surface area contributed by atoms with E-state index < -0.39 is 0 Å². The Balaban J connectivity index is 1.87. The van der Waals surface area contributed by atoms with E-state index in [2.05, 4.69) is 19.1 Å². The Hall–Kier alpha value is -1.22. The van der Waals surface area contributed by atoms with Gasteiger partial charge in [-0.25, -0.2) is 0 Å². The molecule has 1 heterocycles. The maximum absolute atomic E-state index is 6.02. The van der Waals surface area contributed by atoms with Gasteiger partial charge in [0, 0.05) is 12.0 Å². The molecule has 1 fully saturated rings. The lowest BCUT2D eigenvalue weighted by molar-refractivity contribution is 0.141. The molecule has 1 aromatic carbocycles. The minimum absolute atomic E-state index is 0.177. The fourth-order valence-electron chi connectivity index (χ4n) is 3.23. The van der Waals surface area contributed by atoms with Crippen LogP contribution in [-0.4, -0.2) is 19.8 Å². The van der Waals surface area contributed by atoms with Crippen LogP contribution in [0.25, 0.3) is 0 Å². The number of ether oxygens (including phenoxy) is 2. The molecule has 3 rings (SSSR count). The van der Waals surface area contributed by atoms with E-state index in [0.29, 0.717) is 13.2 Å². The Kier molecular flexibility index (Phi) is 2.94. The summed E-state index contributed by atoms with van der Waals surface area (Å²) >= 11 is 0. The van der Waals surface area contributed by atoms with E-state index in [1.807, 2.05) is 6.07 Å². The maximum Gasteiger partial charge on any atom is 0.161 e. The number of fused-ring (bicyclic) bond motifs is 1. The summed E-state index contributed by atoms with van der Waals surface area (Å²) in [4.78, 5) is 0. The second-order valence-electron chi connectivity index (χ2n) is 5.53. The second kappa shape index (κ2) is 4.47. The third kappa shape index (κ3) is 1.77. The second-order valence-corrected chi connectivity index (χ2v) is 5.53. The van der Waals surface area contributed by atoms with Gasteiger partial charge in [-0.05, 0) is 36.5 Å². The molecule has 3 nitrogen and oxygen atoms in total. The first-order chi connectivity index (χ1) is 8.77. The zero-order valence-electron chi connectivity index (χ0n) is 10.9. The quantitative estimate of drug-likeness (QED) is 0.892. The van der Waals surface area contributed by atoms with Gasteiger partial charge in [0.25, 0.3) is 0 Å². The molecule has 0 saturated heterocycles. The van der Waals surface area contributed by atoms with Crippen LogP contribution in [0.2, 0.25) is 0 Å². The molecule has 0 spiro atoms. The average Bonchev–Trinajstić information content (AvgIpc) is 2.38. The number of hydrogen-bond acceptors (Lipinski definition) is 3. The largest absolute Gasteiger partial charge is 0.486 e. The molecule has 1 saturated carbocycles. The maximum atomic E-state index is 6.02. The third-order valence-electron chi connectivity index (χ3n) is 4.48. The van der Waals surface area contributed by atoms with E-state index in [0.717, 1.165) is 24.0 Å². The van der Waals surface area contributed by atoms with Crippen LogP contribution in [-0.2, 0) is 5.41 Å². The van der Waals surface area contributed by atoms with E-state index in [9.17, 15) is 0 Å². The lowest BCUT2D eigenvalue weighted by Crippen LogP contribution is -2.46. The molecule has 1 aliphatic carbocycles. The van der Waals surface area contributed by atoms with Crippen molar-refractivity contribution in [2.24, 2.45) is 11.7 Å². The Labute approximate surface area is 108 Å². The molecule has 0 unspecified atom stereocenters. The van der Waals surface area contributed by atoms with Crippen LogP contribution in [0, 0.1) is 5.92 Å². The predicted octanol–water partition coefficient (Wildman–Crippen LogP) is 2.47. The summed E-state index contributed by atoms with van der Waals surface area (Å²) in [5.41, 5.74) is 7.52. The van der Waals surface area contributed by atoms with Gasteiger partial charge in [-0.15, -0.1) is 0 Å². The lowest BCUT2D eigenvalue weighted by Gasteiger charge is -2.48. The van der Waals surface area contributed by atoms with Crippen molar-refractivity contribution in [2.45, 2.75) is 31.6 Å². The van der Waals surface area contributed by atoms with Crippen LogP contribution >= 0.6 is 0 Å². The lowest BCUT2D eigenvalue weighted by atomic mass is 9.58. The molecule has 98 valence electrons. The molecule has 0 bridgehead atoms. The van der Waals surface area contributed by atoms with Crippen LogP contribution in [0.3, 0.4) is 0 Å². The van der Waals surface area contributed by atoms with Crippen LogP contribution in [0.15, 0.2) is 18.2 Å². The average molecular weight is 247 g/mol. The zero-order chi connectivity index (χ0) is 12.6. The molecule has 2 aliphatic rings. The van der Waals surface area contributed by atoms with Gasteiger partial charge < -0.3 is 15.2 Å². The summed E-state index contributed by atoms with van der Waals surface area (Å²) in [7, 11) is 0. The first kappa shape index (κ1) is 11.8. The highest BCUT2D eigenvalue weighted by Gasteiger charge is 2.43. The van der Waals surface area contributed by atoms with Crippen molar-refractivity contribution in [3.63, 3.8) is 0 Å². The number of rotatable bonds is 3. The van der Waals surface area contributed by atoms with Gasteiger partial charge in [-0.3, -0.25) is 0 Å². The molecule has 0 amide bonds. The van der Waals surface area contributed by atoms with Gasteiger partial charge >= 0.3 is 0 Å². The van der Waals surface area contributed by atoms with Crippen LogP contribution in [0.4, 0.5) is 0 Å². The fourth-order valence-corrected chi connectivity index (χ4v) is 3.23. The summed E-state index contributed by atoms with van der Waals surface area (Å²) in [5, 5.41) is 0. The summed E-state index contributed by atoms with van der Waals surface area (Å²) < 4.78 is 11.2. The zero-order valence-corrected chi connectivity index (χ0v) is 10.9. The van der Waals surface area contributed by atoms with Gasteiger partial charge in [0.15, 0.2) is 11.5 Å². The normalized spacial score (nSPS) is 29.8. The van der Waals surface area contributed by atoms with Crippen molar-refractivity contribution >= 4 is 0 Å². The number of benzene rings is 1. The van der Waals surface area contributed by atoms with Gasteiger partial charge in [-0.1, -0.05) is 19.4 Å². The van der Waals surface area contributed by atoms with Crippen molar-refractivity contribution < 1.29 is 9.47 Å². The Morgan fingerprint density at radius 2 is 1.94 bits per heavy atom. The summed E-state index contributed by atoms with van der Waals surface area (Å²) in [6, 6.07) is 6.32. The highest BCUT2D eigenvalue weighted by Crippen LogP contribution is 2.49. The molecule has 18 heavy (non-hydrogen) atoms. The van der Waals surface area contributed by atoms with Crippen molar-refractivity contribution in [3.05, 3.63) is 23.8 Å². The number of nitrogens with two attached hydrogens (primary N) is 1. The number of hydrogen-bond donors (Lipinski definition) is 1. The van der Waals surface area contributed by atoms with E-state index in [-0.39, 0.29) is 5.41 Å². The van der Waals surface area contributed by atoms with Crippen molar-refractivity contribution in [2.75, 3.05) is 19.8 Å². The highest BCUT2D eigenvalue weighted by molar-refractivity contribution is 5.47. The molecular formula is C15H21NO2. The van der Waals surface area contributed by atoms with Gasteiger partial charge in [0.05, 0.1) is 0 Å². The van der Waals surface area contributed by atoms with Crippen LogP contribution in [0.5, 0.6) is 11.5 Å². The summed E-state index contributed by atoms with van der Waals surface area (Å²) in [5.74, 6) is 2.58. The molecule has 0 aromatic heterocycles. The molecular weight excluding hydrogens is 226 g/mol. The van der Waals surface area contributed by atoms with E-state index >= 15 is 0 Å². The van der Waals surface area contributed by atoms with Gasteiger partial charge in [0.2, 0.25) is 0 Å². The Morgan fingerprint density at radius 3 is 2.61 bits per heavy atom. The predicted molar refractivity (Wildman–Crippen MR) is 71.2 cm³/mol. The molecule has 2 N–H and O–H groups in total.